The number of piperidine rings is 1. The molecule has 1 aliphatic heterocycles. The Kier molecular flexibility index (Phi) is 9.93. The molecule has 4 rings (SSSR count). The predicted octanol–water partition coefficient (Wildman–Crippen LogP) is 5.72. The summed E-state index contributed by atoms with van der Waals surface area (Å²) >= 11 is 0. The zero-order valence-electron chi connectivity index (χ0n) is 25.2. The highest BCUT2D eigenvalue weighted by Gasteiger charge is 2.31. The van der Waals surface area contributed by atoms with Gasteiger partial charge in [-0.1, -0.05) is 18.2 Å². The number of para-hydroxylation sites is 1. The number of hydrogen-bond acceptors (Lipinski definition) is 5. The summed E-state index contributed by atoms with van der Waals surface area (Å²) < 4.78 is 0. The summed E-state index contributed by atoms with van der Waals surface area (Å²) in [4.78, 5) is 36.4. The molecule has 1 saturated heterocycles. The van der Waals surface area contributed by atoms with E-state index in [9.17, 15) is 14.7 Å². The summed E-state index contributed by atoms with van der Waals surface area (Å²) in [5.74, 6) is 2.41. The van der Waals surface area contributed by atoms with Gasteiger partial charge in [0.05, 0.1) is 11.1 Å². The van der Waals surface area contributed by atoms with E-state index in [1.807, 2.05) is 51.1 Å². The quantitative estimate of drug-likeness (QED) is 0.415. The van der Waals surface area contributed by atoms with Gasteiger partial charge in [0.25, 0.3) is 5.91 Å². The van der Waals surface area contributed by atoms with E-state index >= 15 is 0 Å². The third kappa shape index (κ3) is 7.87. The van der Waals surface area contributed by atoms with Gasteiger partial charge in [-0.2, -0.15) is 0 Å². The highest BCUT2D eigenvalue weighted by Crippen LogP contribution is 2.31. The van der Waals surface area contributed by atoms with Crippen molar-refractivity contribution in [3.8, 4) is 0 Å². The first-order valence-corrected chi connectivity index (χ1v) is 15.1. The van der Waals surface area contributed by atoms with E-state index in [1.54, 1.807) is 4.90 Å². The summed E-state index contributed by atoms with van der Waals surface area (Å²) in [6.45, 7) is 10.2. The first-order valence-electron chi connectivity index (χ1n) is 15.1. The van der Waals surface area contributed by atoms with Gasteiger partial charge in [0, 0.05) is 37.1 Å². The second kappa shape index (κ2) is 13.2. The van der Waals surface area contributed by atoms with Crippen molar-refractivity contribution in [2.75, 3.05) is 51.7 Å². The summed E-state index contributed by atoms with van der Waals surface area (Å²) in [5.41, 5.74) is 1.17. The number of hydrogen-bond donors (Lipinski definition) is 2. The second-order valence-corrected chi connectivity index (χ2v) is 13.2. The van der Waals surface area contributed by atoms with E-state index in [-0.39, 0.29) is 5.91 Å². The molecule has 40 heavy (non-hydrogen) atoms. The molecular formula is C32H49N5O3. The zero-order chi connectivity index (χ0) is 28.9. The number of carbonyl (C=O) groups excluding carboxylic acids is 1. The average Bonchev–Trinajstić information content (AvgIpc) is 2.93. The smallest absolute Gasteiger partial charge is 0.407 e. The largest absolute Gasteiger partial charge is 0.465 e. The fraction of sp³-hybridized carbons (Fsp3) is 0.656. The summed E-state index contributed by atoms with van der Waals surface area (Å²) in [5, 5.41) is 13.8. The van der Waals surface area contributed by atoms with Crippen LogP contribution in [0.2, 0.25) is 0 Å². The molecule has 1 aromatic carbocycles. The van der Waals surface area contributed by atoms with E-state index in [2.05, 4.69) is 29.2 Å². The molecule has 2 N–H and O–H groups in total. The molecule has 2 heterocycles. The van der Waals surface area contributed by atoms with Crippen molar-refractivity contribution in [2.45, 2.75) is 71.3 Å². The van der Waals surface area contributed by atoms with Crippen molar-refractivity contribution in [1.29, 1.82) is 0 Å². The van der Waals surface area contributed by atoms with Gasteiger partial charge in [0.15, 0.2) is 0 Å². The molecule has 0 spiro atoms. The molecule has 8 heteroatoms. The van der Waals surface area contributed by atoms with Crippen LogP contribution in [0.25, 0.3) is 10.9 Å². The topological polar surface area (TPSA) is 89.0 Å². The van der Waals surface area contributed by atoms with Crippen molar-refractivity contribution in [1.82, 2.24) is 20.1 Å². The van der Waals surface area contributed by atoms with Gasteiger partial charge < -0.3 is 25.1 Å². The Morgan fingerprint density at radius 2 is 1.65 bits per heavy atom. The number of nitrogens with one attached hydrogen (secondary N) is 1. The Hall–Kier alpha value is -2.87. The first-order chi connectivity index (χ1) is 19.0. The fourth-order valence-corrected chi connectivity index (χ4v) is 6.25. The van der Waals surface area contributed by atoms with Crippen molar-refractivity contribution in [2.24, 2.45) is 17.8 Å². The molecule has 8 nitrogen and oxygen atoms in total. The minimum Gasteiger partial charge on any atom is -0.465 e. The molecule has 2 aromatic rings. The van der Waals surface area contributed by atoms with E-state index in [0.717, 1.165) is 80.8 Å². The predicted molar refractivity (Wildman–Crippen MR) is 162 cm³/mol. The van der Waals surface area contributed by atoms with Gasteiger partial charge in [0.2, 0.25) is 0 Å². The first kappa shape index (κ1) is 30.1. The van der Waals surface area contributed by atoms with Crippen LogP contribution in [0.3, 0.4) is 0 Å². The summed E-state index contributed by atoms with van der Waals surface area (Å²) in [6.07, 6.45) is 6.70. The molecule has 2 amide bonds. The Morgan fingerprint density at radius 3 is 2.27 bits per heavy atom. The van der Waals surface area contributed by atoms with E-state index in [1.165, 1.54) is 6.42 Å². The van der Waals surface area contributed by atoms with Crippen LogP contribution in [-0.2, 0) is 0 Å². The van der Waals surface area contributed by atoms with E-state index < -0.39 is 11.6 Å². The number of fused-ring (bicyclic) bond motifs is 1. The molecule has 0 unspecified atom stereocenters. The van der Waals surface area contributed by atoms with Crippen LogP contribution in [0.4, 0.5) is 10.6 Å². The lowest BCUT2D eigenvalue weighted by Gasteiger charge is -2.38. The van der Waals surface area contributed by atoms with Crippen LogP contribution in [0.5, 0.6) is 0 Å². The molecule has 0 atom stereocenters. The lowest BCUT2D eigenvalue weighted by molar-refractivity contribution is 0.0786. The number of carbonyl (C=O) groups is 2. The van der Waals surface area contributed by atoms with Gasteiger partial charge in [-0.15, -0.1) is 0 Å². The summed E-state index contributed by atoms with van der Waals surface area (Å²) in [7, 11) is 4.27. The maximum absolute atomic E-state index is 13.5. The van der Waals surface area contributed by atoms with Gasteiger partial charge >= 0.3 is 6.09 Å². The summed E-state index contributed by atoms with van der Waals surface area (Å²) in [6, 6.07) is 9.93. The van der Waals surface area contributed by atoms with Gasteiger partial charge in [-0.25, -0.2) is 9.78 Å². The average molecular weight is 552 g/mol. The Balaban J connectivity index is 1.35. The van der Waals surface area contributed by atoms with Gasteiger partial charge in [-0.3, -0.25) is 4.79 Å². The third-order valence-electron chi connectivity index (χ3n) is 8.87. The monoisotopic (exact) mass is 551 g/mol. The van der Waals surface area contributed by atoms with Gasteiger partial charge in [-0.05, 0) is 116 Å². The molecule has 1 aromatic heterocycles. The van der Waals surface area contributed by atoms with Crippen LogP contribution >= 0.6 is 0 Å². The maximum Gasteiger partial charge on any atom is 0.407 e. The Morgan fingerprint density at radius 1 is 1.00 bits per heavy atom. The molecular weight excluding hydrogens is 502 g/mol. The van der Waals surface area contributed by atoms with Crippen LogP contribution < -0.4 is 10.2 Å². The number of nitrogens with zero attached hydrogens (tertiary/aromatic N) is 4. The highest BCUT2D eigenvalue weighted by molar-refractivity contribution is 6.07. The molecule has 2 fully saturated rings. The van der Waals surface area contributed by atoms with Crippen LogP contribution in [0, 0.1) is 17.8 Å². The Bertz CT molecular complexity index is 1140. The normalized spacial score (nSPS) is 20.6. The minimum atomic E-state index is -0.848. The molecule has 1 saturated carbocycles. The van der Waals surface area contributed by atoms with Crippen LogP contribution in [-0.4, -0.2) is 84.2 Å². The molecule has 0 radical (unpaired) electrons. The van der Waals surface area contributed by atoms with E-state index in [4.69, 9.17) is 4.98 Å². The van der Waals surface area contributed by atoms with Crippen LogP contribution in [0.15, 0.2) is 30.3 Å². The van der Waals surface area contributed by atoms with Crippen molar-refractivity contribution >= 4 is 28.7 Å². The standard InChI is InChI=1S/C32H49N5O3/c1-32(2,3)37(31(39)40)22-25-12-10-24(11-13-25)21-33-30(38)27-20-29(34-28-9-7-6-8-26(27)28)36-18-15-23(16-19-36)14-17-35(4)5/h6-9,20,23-25H,10-19,21-22H2,1-5H3,(H,33,38)(H,39,40)/t24-,25-. The molecule has 220 valence electrons. The second-order valence-electron chi connectivity index (χ2n) is 13.2. The SMILES string of the molecule is CN(C)CCC1CCN(c2cc(C(=O)NC[C@H]3CC[C@H](CN(C(=O)O)C(C)(C)C)CC3)c3ccccc3n2)CC1. The van der Waals surface area contributed by atoms with Gasteiger partial charge in [0.1, 0.15) is 5.82 Å². The number of benzene rings is 1. The third-order valence-corrected chi connectivity index (χ3v) is 8.87. The maximum atomic E-state index is 13.5. The Labute approximate surface area is 240 Å². The highest BCUT2D eigenvalue weighted by atomic mass is 16.4. The van der Waals surface area contributed by atoms with Crippen molar-refractivity contribution in [3.63, 3.8) is 0 Å². The fourth-order valence-electron chi connectivity index (χ4n) is 6.25. The number of anilines is 1. The molecule has 1 aliphatic carbocycles. The number of carboxylic acid groups (broad SMARTS) is 1. The minimum absolute atomic E-state index is 0.0346. The molecule has 0 bridgehead atoms. The van der Waals surface area contributed by atoms with Crippen LogP contribution in [0.1, 0.15) is 76.1 Å². The number of rotatable bonds is 9. The van der Waals surface area contributed by atoms with Crippen molar-refractivity contribution < 1.29 is 14.7 Å². The lowest BCUT2D eigenvalue weighted by atomic mass is 9.81. The lowest BCUT2D eigenvalue weighted by Crippen LogP contribution is -2.47. The number of amides is 2. The number of pyridine rings is 1. The van der Waals surface area contributed by atoms with Crippen molar-refractivity contribution in [3.05, 3.63) is 35.9 Å². The van der Waals surface area contributed by atoms with E-state index in [0.29, 0.717) is 30.5 Å². The molecule has 2 aliphatic rings. The number of aromatic nitrogens is 1. The zero-order valence-corrected chi connectivity index (χ0v) is 25.2.